The van der Waals surface area contributed by atoms with Crippen molar-refractivity contribution in [3.8, 4) is 17.6 Å². The topological polar surface area (TPSA) is 79.3 Å². The van der Waals surface area contributed by atoms with Gasteiger partial charge >= 0.3 is 0 Å². The molecule has 0 amide bonds. The van der Waals surface area contributed by atoms with E-state index in [-0.39, 0.29) is 17.5 Å². The molecule has 1 aromatic rings. The Morgan fingerprint density at radius 3 is 2.64 bits per heavy atom. The molecule has 3 N–H and O–H groups in total. The Morgan fingerprint density at radius 2 is 2.21 bits per heavy atom. The van der Waals surface area contributed by atoms with Crippen LogP contribution in [0.3, 0.4) is 0 Å². The molecule has 14 heavy (non-hydrogen) atoms. The fraction of sp³-hybridized carbons (Fsp3) is 0.300. The summed E-state index contributed by atoms with van der Waals surface area (Å²) in [5.74, 6) is 0.276. The number of aromatic hydroxyl groups is 1. The summed E-state index contributed by atoms with van der Waals surface area (Å²) in [7, 11) is 1.43. The molecule has 1 atom stereocenters. The molecule has 0 bridgehead atoms. The molecule has 0 spiro atoms. The molecule has 0 saturated heterocycles. The summed E-state index contributed by atoms with van der Waals surface area (Å²) in [4.78, 5) is 0. The average molecular weight is 192 g/mol. The van der Waals surface area contributed by atoms with E-state index in [9.17, 15) is 5.11 Å². The molecule has 0 aliphatic heterocycles. The summed E-state index contributed by atoms with van der Waals surface area (Å²) in [5, 5.41) is 18.4. The number of benzene rings is 1. The molecule has 1 rings (SSSR count). The minimum absolute atomic E-state index is 0.00139. The Morgan fingerprint density at radius 1 is 1.57 bits per heavy atom. The second-order valence-corrected chi connectivity index (χ2v) is 3.02. The Kier molecular flexibility index (Phi) is 2.95. The number of hydrogen-bond donors (Lipinski definition) is 2. The van der Waals surface area contributed by atoms with Gasteiger partial charge in [0.1, 0.15) is 0 Å². The highest BCUT2D eigenvalue weighted by molar-refractivity contribution is 5.52. The molecular formula is C10H12N2O2. The van der Waals surface area contributed by atoms with Gasteiger partial charge in [0.05, 0.1) is 18.7 Å². The third kappa shape index (κ3) is 1.78. The van der Waals surface area contributed by atoms with Gasteiger partial charge in [0.2, 0.25) is 0 Å². The van der Waals surface area contributed by atoms with E-state index in [0.29, 0.717) is 11.1 Å². The van der Waals surface area contributed by atoms with Crippen LogP contribution in [0.25, 0.3) is 0 Å². The van der Waals surface area contributed by atoms with Gasteiger partial charge < -0.3 is 15.6 Å². The van der Waals surface area contributed by atoms with E-state index in [1.807, 2.05) is 6.07 Å². The van der Waals surface area contributed by atoms with Gasteiger partial charge in [-0.1, -0.05) is 0 Å². The molecule has 0 aromatic heterocycles. The fourth-order valence-corrected chi connectivity index (χ4v) is 1.20. The lowest BCUT2D eigenvalue weighted by molar-refractivity contribution is 0.369. The van der Waals surface area contributed by atoms with Crippen LogP contribution >= 0.6 is 0 Å². The van der Waals surface area contributed by atoms with Gasteiger partial charge in [-0.15, -0.1) is 0 Å². The predicted octanol–water partition coefficient (Wildman–Crippen LogP) is 1.29. The number of rotatable bonds is 2. The van der Waals surface area contributed by atoms with E-state index in [4.69, 9.17) is 15.7 Å². The molecule has 1 aromatic carbocycles. The van der Waals surface area contributed by atoms with Crippen LogP contribution in [-0.2, 0) is 0 Å². The van der Waals surface area contributed by atoms with Crippen molar-refractivity contribution < 1.29 is 9.84 Å². The summed E-state index contributed by atoms with van der Waals surface area (Å²) in [5.41, 5.74) is 6.57. The number of phenolic OH excluding ortho intramolecular Hbond substituents is 1. The minimum Gasteiger partial charge on any atom is -0.504 e. The maximum absolute atomic E-state index is 9.66. The predicted molar refractivity (Wildman–Crippen MR) is 52.0 cm³/mol. The van der Waals surface area contributed by atoms with Crippen LogP contribution in [0.2, 0.25) is 0 Å². The van der Waals surface area contributed by atoms with Crippen molar-refractivity contribution >= 4 is 0 Å². The standard InChI is InChI=1S/C10H12N2O2/c1-6(12)8-3-7(5-11)4-9(14-2)10(8)13/h3-4,6,13H,12H2,1-2H3. The lowest BCUT2D eigenvalue weighted by atomic mass is 10.0. The van der Waals surface area contributed by atoms with Crippen LogP contribution in [0.5, 0.6) is 11.5 Å². The molecule has 0 radical (unpaired) electrons. The van der Waals surface area contributed by atoms with Gasteiger partial charge in [-0.05, 0) is 13.0 Å². The Labute approximate surface area is 82.5 Å². The molecule has 4 nitrogen and oxygen atoms in total. The number of ether oxygens (including phenoxy) is 1. The molecule has 0 aliphatic carbocycles. The Balaban J connectivity index is 3.36. The first kappa shape index (κ1) is 10.4. The second-order valence-electron chi connectivity index (χ2n) is 3.02. The normalized spacial score (nSPS) is 11.9. The first-order chi connectivity index (χ1) is 6.60. The first-order valence-corrected chi connectivity index (χ1v) is 4.16. The third-order valence-corrected chi connectivity index (χ3v) is 1.94. The van der Waals surface area contributed by atoms with E-state index in [2.05, 4.69) is 0 Å². The zero-order valence-corrected chi connectivity index (χ0v) is 8.11. The zero-order chi connectivity index (χ0) is 10.7. The molecule has 4 heteroatoms. The van der Waals surface area contributed by atoms with Crippen molar-refractivity contribution in [2.45, 2.75) is 13.0 Å². The highest BCUT2D eigenvalue weighted by Gasteiger charge is 2.13. The molecule has 1 unspecified atom stereocenters. The van der Waals surface area contributed by atoms with Crippen molar-refractivity contribution in [1.29, 1.82) is 5.26 Å². The molecule has 0 aliphatic rings. The maximum atomic E-state index is 9.66. The van der Waals surface area contributed by atoms with Crippen molar-refractivity contribution in [1.82, 2.24) is 0 Å². The van der Waals surface area contributed by atoms with E-state index in [1.165, 1.54) is 13.2 Å². The number of methoxy groups -OCH3 is 1. The smallest absolute Gasteiger partial charge is 0.162 e. The average Bonchev–Trinajstić information content (AvgIpc) is 2.17. The number of nitrogens with zero attached hydrogens (tertiary/aromatic N) is 1. The minimum atomic E-state index is -0.336. The highest BCUT2D eigenvalue weighted by Crippen LogP contribution is 2.33. The molecule has 0 fully saturated rings. The zero-order valence-electron chi connectivity index (χ0n) is 8.11. The Bertz CT molecular complexity index is 380. The van der Waals surface area contributed by atoms with Crippen LogP contribution in [0.4, 0.5) is 0 Å². The lowest BCUT2D eigenvalue weighted by Gasteiger charge is -2.11. The maximum Gasteiger partial charge on any atom is 0.162 e. The van der Waals surface area contributed by atoms with Gasteiger partial charge in [-0.25, -0.2) is 0 Å². The summed E-state index contributed by atoms with van der Waals surface area (Å²) in [6.07, 6.45) is 0. The molecule has 0 saturated carbocycles. The first-order valence-electron chi connectivity index (χ1n) is 4.16. The number of nitriles is 1. The van der Waals surface area contributed by atoms with Gasteiger partial charge in [0.25, 0.3) is 0 Å². The van der Waals surface area contributed by atoms with Gasteiger partial charge in [-0.3, -0.25) is 0 Å². The van der Waals surface area contributed by atoms with E-state index >= 15 is 0 Å². The van der Waals surface area contributed by atoms with Crippen LogP contribution in [0.1, 0.15) is 24.1 Å². The van der Waals surface area contributed by atoms with Gasteiger partial charge in [-0.2, -0.15) is 5.26 Å². The quantitative estimate of drug-likeness (QED) is 0.740. The third-order valence-electron chi connectivity index (χ3n) is 1.94. The lowest BCUT2D eigenvalue weighted by Crippen LogP contribution is -2.06. The van der Waals surface area contributed by atoms with Crippen LogP contribution in [-0.4, -0.2) is 12.2 Å². The summed E-state index contributed by atoms with van der Waals surface area (Å²) in [6.45, 7) is 1.73. The summed E-state index contributed by atoms with van der Waals surface area (Å²) >= 11 is 0. The number of nitrogens with two attached hydrogens (primary N) is 1. The van der Waals surface area contributed by atoms with Gasteiger partial charge in [0.15, 0.2) is 11.5 Å². The van der Waals surface area contributed by atoms with Crippen LogP contribution in [0.15, 0.2) is 12.1 Å². The highest BCUT2D eigenvalue weighted by atomic mass is 16.5. The van der Waals surface area contributed by atoms with Crippen molar-refractivity contribution in [2.75, 3.05) is 7.11 Å². The number of hydrogen-bond acceptors (Lipinski definition) is 4. The van der Waals surface area contributed by atoms with Crippen molar-refractivity contribution in [3.05, 3.63) is 23.3 Å². The summed E-state index contributed by atoms with van der Waals surface area (Å²) in [6, 6.07) is 4.67. The summed E-state index contributed by atoms with van der Waals surface area (Å²) < 4.78 is 4.92. The van der Waals surface area contributed by atoms with E-state index in [0.717, 1.165) is 0 Å². The molecule has 74 valence electrons. The van der Waals surface area contributed by atoms with Gasteiger partial charge in [0, 0.05) is 17.7 Å². The monoisotopic (exact) mass is 192 g/mol. The Hall–Kier alpha value is -1.73. The number of phenols is 1. The van der Waals surface area contributed by atoms with Crippen molar-refractivity contribution in [3.63, 3.8) is 0 Å². The van der Waals surface area contributed by atoms with E-state index < -0.39 is 0 Å². The van der Waals surface area contributed by atoms with Crippen LogP contribution in [0, 0.1) is 11.3 Å². The molecular weight excluding hydrogens is 180 g/mol. The molecule has 0 heterocycles. The van der Waals surface area contributed by atoms with Crippen LogP contribution < -0.4 is 10.5 Å². The fourth-order valence-electron chi connectivity index (χ4n) is 1.20. The van der Waals surface area contributed by atoms with Crippen molar-refractivity contribution in [2.24, 2.45) is 5.73 Å². The van der Waals surface area contributed by atoms with E-state index in [1.54, 1.807) is 13.0 Å². The SMILES string of the molecule is COc1cc(C#N)cc(C(C)N)c1O. The largest absolute Gasteiger partial charge is 0.504 e. The second kappa shape index (κ2) is 3.99.